The van der Waals surface area contributed by atoms with E-state index in [1.165, 1.54) is 0 Å². The maximum atomic E-state index is 11.0. The van der Waals surface area contributed by atoms with Crippen molar-refractivity contribution in [2.45, 2.75) is 26.4 Å². The Labute approximate surface area is 84.0 Å². The zero-order chi connectivity index (χ0) is 9.52. The van der Waals surface area contributed by atoms with Crippen LogP contribution in [-0.2, 0) is 16.1 Å². The van der Waals surface area contributed by atoms with Gasteiger partial charge in [0.2, 0.25) is 0 Å². The van der Waals surface area contributed by atoms with Crippen molar-refractivity contribution in [1.29, 1.82) is 0 Å². The molecule has 0 aliphatic heterocycles. The molecule has 0 heterocycles. The molecule has 3 nitrogen and oxygen atoms in total. The summed E-state index contributed by atoms with van der Waals surface area (Å²) in [7, 11) is 0. The lowest BCUT2D eigenvalue weighted by molar-refractivity contribution is -0.144. The van der Waals surface area contributed by atoms with Gasteiger partial charge >= 0.3 is 5.97 Å². The Balaban J connectivity index is 0.00000169. The summed E-state index contributed by atoms with van der Waals surface area (Å²) in [6, 6.07) is 9.70. The number of hydrogen-bond acceptors (Lipinski definition) is 2. The predicted molar refractivity (Wildman–Crippen MR) is 54.8 cm³/mol. The van der Waals surface area contributed by atoms with Crippen LogP contribution in [0.2, 0.25) is 0 Å². The van der Waals surface area contributed by atoms with Gasteiger partial charge in [-0.25, -0.2) is 0 Å². The van der Waals surface area contributed by atoms with Crippen LogP contribution < -0.4 is 0 Å². The molecule has 0 saturated heterocycles. The molecule has 0 atom stereocenters. The molecule has 0 bridgehead atoms. The van der Waals surface area contributed by atoms with Crippen LogP contribution in [0, 0.1) is 0 Å². The minimum Gasteiger partial charge on any atom is -0.461 e. The molecule has 1 rings (SSSR count). The third-order valence-electron chi connectivity index (χ3n) is 1.70. The van der Waals surface area contributed by atoms with Gasteiger partial charge in [0.25, 0.3) is 0 Å². The Morgan fingerprint density at radius 3 is 2.50 bits per heavy atom. The molecule has 0 spiro atoms. The highest BCUT2D eigenvalue weighted by Gasteiger charge is 2.00. The normalized spacial score (nSPS) is 8.93. The van der Waals surface area contributed by atoms with Crippen LogP contribution in [0.4, 0.5) is 0 Å². The molecule has 0 aromatic heterocycles. The second kappa shape index (κ2) is 7.09. The lowest BCUT2D eigenvalue weighted by Crippen LogP contribution is -2.03. The highest BCUT2D eigenvalue weighted by molar-refractivity contribution is 5.69. The summed E-state index contributed by atoms with van der Waals surface area (Å²) >= 11 is 0. The number of carbonyl (C=O) groups is 1. The van der Waals surface area contributed by atoms with E-state index in [-0.39, 0.29) is 11.4 Å². The molecule has 0 fully saturated rings. The maximum absolute atomic E-state index is 11.0. The monoisotopic (exact) mass is 196 g/mol. The number of rotatable bonds is 4. The van der Waals surface area contributed by atoms with Crippen molar-refractivity contribution >= 4 is 5.97 Å². The highest BCUT2D eigenvalue weighted by atomic mass is 16.5. The summed E-state index contributed by atoms with van der Waals surface area (Å²) in [5.41, 5.74) is 1.03. The highest BCUT2D eigenvalue weighted by Crippen LogP contribution is 2.02. The van der Waals surface area contributed by atoms with Crippen LogP contribution in [0.15, 0.2) is 30.3 Å². The summed E-state index contributed by atoms with van der Waals surface area (Å²) < 4.78 is 5.03. The molecule has 1 aromatic rings. The van der Waals surface area contributed by atoms with Crippen molar-refractivity contribution in [3.05, 3.63) is 35.9 Å². The van der Waals surface area contributed by atoms with Gasteiger partial charge in [-0.2, -0.15) is 0 Å². The summed E-state index contributed by atoms with van der Waals surface area (Å²) in [4.78, 5) is 11.0. The summed E-state index contributed by atoms with van der Waals surface area (Å²) in [6.07, 6.45) is 1.35. The lowest BCUT2D eigenvalue weighted by Gasteiger charge is -2.02. The Morgan fingerprint density at radius 1 is 1.29 bits per heavy atom. The minimum atomic E-state index is -0.119. The smallest absolute Gasteiger partial charge is 0.306 e. The zero-order valence-corrected chi connectivity index (χ0v) is 8.32. The molecule has 0 radical (unpaired) electrons. The van der Waals surface area contributed by atoms with E-state index >= 15 is 0 Å². The van der Waals surface area contributed by atoms with Gasteiger partial charge in [0.1, 0.15) is 6.61 Å². The Bertz CT molecular complexity index is 256. The molecule has 1 aromatic carbocycles. The van der Waals surface area contributed by atoms with Gasteiger partial charge in [0.05, 0.1) is 0 Å². The van der Waals surface area contributed by atoms with Crippen molar-refractivity contribution in [2.75, 3.05) is 0 Å². The molecule has 78 valence electrons. The summed E-state index contributed by atoms with van der Waals surface area (Å²) in [5, 5.41) is 0. The second-order valence-corrected chi connectivity index (χ2v) is 2.90. The molecular formula is C11H16O3. The van der Waals surface area contributed by atoms with Crippen LogP contribution in [-0.4, -0.2) is 11.4 Å². The molecule has 0 aliphatic rings. The fourth-order valence-corrected chi connectivity index (χ4v) is 1.01. The van der Waals surface area contributed by atoms with E-state index in [0.717, 1.165) is 12.0 Å². The van der Waals surface area contributed by atoms with Gasteiger partial charge in [-0.3, -0.25) is 4.79 Å². The van der Waals surface area contributed by atoms with Crippen molar-refractivity contribution in [1.82, 2.24) is 0 Å². The molecular weight excluding hydrogens is 180 g/mol. The molecule has 0 amide bonds. The van der Waals surface area contributed by atoms with Crippen molar-refractivity contribution in [3.8, 4) is 0 Å². The van der Waals surface area contributed by atoms with Gasteiger partial charge in [-0.15, -0.1) is 0 Å². The van der Waals surface area contributed by atoms with Crippen molar-refractivity contribution in [2.24, 2.45) is 0 Å². The molecule has 0 aliphatic carbocycles. The van der Waals surface area contributed by atoms with Crippen LogP contribution in [0.1, 0.15) is 25.3 Å². The average molecular weight is 196 g/mol. The average Bonchev–Trinajstić information content (AvgIpc) is 2.17. The number of carbonyl (C=O) groups excluding carboxylic acids is 1. The summed E-state index contributed by atoms with van der Waals surface area (Å²) in [5.74, 6) is -0.119. The van der Waals surface area contributed by atoms with Gasteiger partial charge in [-0.05, 0) is 12.0 Å². The van der Waals surface area contributed by atoms with Gasteiger partial charge in [0, 0.05) is 6.42 Å². The van der Waals surface area contributed by atoms with Gasteiger partial charge in [0.15, 0.2) is 0 Å². The molecule has 14 heavy (non-hydrogen) atoms. The molecule has 0 unspecified atom stereocenters. The quantitative estimate of drug-likeness (QED) is 0.688. The number of hydrogen-bond donors (Lipinski definition) is 0. The fourth-order valence-electron chi connectivity index (χ4n) is 1.01. The number of benzene rings is 1. The van der Waals surface area contributed by atoms with E-state index in [2.05, 4.69) is 0 Å². The Kier molecular flexibility index (Phi) is 6.41. The van der Waals surface area contributed by atoms with Gasteiger partial charge < -0.3 is 10.2 Å². The number of esters is 1. The van der Waals surface area contributed by atoms with Crippen LogP contribution in [0.3, 0.4) is 0 Å². The van der Waals surface area contributed by atoms with Crippen LogP contribution in [0.5, 0.6) is 0 Å². The van der Waals surface area contributed by atoms with Crippen LogP contribution in [0.25, 0.3) is 0 Å². The molecule has 0 saturated carbocycles. The zero-order valence-electron chi connectivity index (χ0n) is 8.32. The first kappa shape index (κ1) is 12.7. The first-order chi connectivity index (χ1) is 6.33. The topological polar surface area (TPSA) is 57.8 Å². The number of ether oxygens (including phenoxy) is 1. The SMILES string of the molecule is CCCC(=O)OCc1ccccc1.O. The predicted octanol–water partition coefficient (Wildman–Crippen LogP) is 1.71. The maximum Gasteiger partial charge on any atom is 0.306 e. The van der Waals surface area contributed by atoms with E-state index in [1.807, 2.05) is 37.3 Å². The van der Waals surface area contributed by atoms with E-state index in [0.29, 0.717) is 13.0 Å². The molecule has 3 heteroatoms. The van der Waals surface area contributed by atoms with Crippen LogP contribution >= 0.6 is 0 Å². The van der Waals surface area contributed by atoms with Gasteiger partial charge in [-0.1, -0.05) is 37.3 Å². The summed E-state index contributed by atoms with van der Waals surface area (Å²) in [6.45, 7) is 2.35. The van der Waals surface area contributed by atoms with E-state index in [4.69, 9.17) is 4.74 Å². The Morgan fingerprint density at radius 2 is 1.93 bits per heavy atom. The van der Waals surface area contributed by atoms with E-state index in [1.54, 1.807) is 0 Å². The van der Waals surface area contributed by atoms with E-state index < -0.39 is 0 Å². The Hall–Kier alpha value is -1.35. The lowest BCUT2D eigenvalue weighted by atomic mass is 10.2. The second-order valence-electron chi connectivity index (χ2n) is 2.90. The third-order valence-corrected chi connectivity index (χ3v) is 1.70. The minimum absolute atomic E-state index is 0. The fraction of sp³-hybridized carbons (Fsp3) is 0.364. The first-order valence-electron chi connectivity index (χ1n) is 4.52. The molecule has 2 N–H and O–H groups in total. The van der Waals surface area contributed by atoms with Crippen molar-refractivity contribution < 1.29 is 15.0 Å². The largest absolute Gasteiger partial charge is 0.461 e. The first-order valence-corrected chi connectivity index (χ1v) is 4.52. The van der Waals surface area contributed by atoms with E-state index in [9.17, 15) is 4.79 Å². The van der Waals surface area contributed by atoms with Crippen molar-refractivity contribution in [3.63, 3.8) is 0 Å². The third kappa shape index (κ3) is 4.62. The standard InChI is InChI=1S/C11H14O2.H2O/c1-2-6-11(12)13-9-10-7-4-3-5-8-10;/h3-5,7-8H,2,6,9H2,1H3;1H2.